The molecule has 0 fully saturated rings. The number of H-pyrrole nitrogens is 1. The summed E-state index contributed by atoms with van der Waals surface area (Å²) in [6.45, 7) is 0.799. The fourth-order valence-corrected chi connectivity index (χ4v) is 5.05. The van der Waals surface area contributed by atoms with Crippen molar-refractivity contribution in [1.82, 2.24) is 9.55 Å². The maximum absolute atomic E-state index is 13.8. The Bertz CT molecular complexity index is 1350. The zero-order valence-corrected chi connectivity index (χ0v) is 18.9. The molecule has 0 amide bonds. The molecule has 3 heterocycles. The van der Waals surface area contributed by atoms with Crippen molar-refractivity contribution in [2.75, 3.05) is 27.5 Å². The predicted octanol–water partition coefficient (Wildman–Crippen LogP) is 1.52. The first kappa shape index (κ1) is 20.9. The van der Waals surface area contributed by atoms with Gasteiger partial charge in [0.05, 0.1) is 42.5 Å². The highest BCUT2D eigenvalue weighted by atomic mass is 35.5. The number of rotatable bonds is 3. The zero-order valence-electron chi connectivity index (χ0n) is 17.4. The fourth-order valence-electron chi connectivity index (χ4n) is 4.55. The second-order valence-electron chi connectivity index (χ2n) is 7.76. The van der Waals surface area contributed by atoms with Crippen LogP contribution in [-0.2, 0) is 6.42 Å². The van der Waals surface area contributed by atoms with Crippen molar-refractivity contribution < 1.29 is 24.2 Å². The van der Waals surface area contributed by atoms with Crippen molar-refractivity contribution in [3.63, 3.8) is 0 Å². The molecule has 10 heteroatoms. The second-order valence-corrected chi connectivity index (χ2v) is 8.55. The molecule has 32 heavy (non-hydrogen) atoms. The lowest BCUT2D eigenvalue weighted by Gasteiger charge is -2.35. The first-order valence-corrected chi connectivity index (χ1v) is 10.8. The van der Waals surface area contributed by atoms with Crippen LogP contribution >= 0.6 is 23.8 Å². The van der Waals surface area contributed by atoms with E-state index in [9.17, 15) is 9.90 Å². The Balaban J connectivity index is 1.81. The average Bonchev–Trinajstić information content (AvgIpc) is 3.23. The van der Waals surface area contributed by atoms with Crippen LogP contribution in [0.1, 0.15) is 22.7 Å². The number of nitrogens with one attached hydrogen (secondary N) is 2. The second kappa shape index (κ2) is 7.84. The van der Waals surface area contributed by atoms with E-state index in [0.717, 1.165) is 22.4 Å². The van der Waals surface area contributed by atoms with Crippen molar-refractivity contribution in [1.29, 1.82) is 0 Å². The number of benzene rings is 2. The molecular formula is C22H20ClN3O5S. The van der Waals surface area contributed by atoms with E-state index in [1.54, 1.807) is 24.3 Å². The Morgan fingerprint density at radius 1 is 1.31 bits per heavy atom. The van der Waals surface area contributed by atoms with E-state index in [2.05, 4.69) is 4.98 Å². The van der Waals surface area contributed by atoms with Crippen molar-refractivity contribution in [3.8, 4) is 28.8 Å². The maximum Gasteiger partial charge on any atom is 0.260 e. The molecule has 2 aliphatic rings. The lowest BCUT2D eigenvalue weighted by atomic mass is 9.87. The third kappa shape index (κ3) is 3.08. The number of hydrogen-bond donors (Lipinski definition) is 2. The van der Waals surface area contributed by atoms with Gasteiger partial charge in [-0.05, 0) is 41.9 Å². The Morgan fingerprint density at radius 3 is 2.84 bits per heavy atom. The van der Waals surface area contributed by atoms with E-state index >= 15 is 0 Å². The van der Waals surface area contributed by atoms with Crippen LogP contribution in [0.2, 0.25) is 5.02 Å². The zero-order chi connectivity index (χ0) is 22.6. The molecule has 8 nitrogen and oxygen atoms in total. The van der Waals surface area contributed by atoms with Gasteiger partial charge in [-0.1, -0.05) is 23.7 Å². The van der Waals surface area contributed by atoms with Crippen LogP contribution in [0.15, 0.2) is 35.1 Å². The highest BCUT2D eigenvalue weighted by molar-refractivity contribution is 7.71. The number of aromatic nitrogens is 2. The van der Waals surface area contributed by atoms with Crippen molar-refractivity contribution in [2.45, 2.75) is 12.5 Å². The molecule has 1 unspecified atom stereocenters. The number of nitrogens with zero attached hydrogens (tertiary/aromatic N) is 1. The number of fused-ring (bicyclic) bond motifs is 2. The molecule has 2 N–H and O–H groups in total. The minimum atomic E-state index is -0.594. The van der Waals surface area contributed by atoms with Gasteiger partial charge in [-0.25, -0.2) is 0 Å². The average molecular weight is 474 g/mol. The SMILES string of the molecule is COc1c2c(cc3c1[C@@H](c1c([O-])n(-c4ccccc4Cl)c(=S)[nH]c1=O)[NH+](C)CC3)OCO2. The number of likely N-dealkylation sites (N-methyl/N-ethyl adjacent to an activating group) is 1. The number of para-hydroxylation sites is 1. The lowest BCUT2D eigenvalue weighted by Crippen LogP contribution is -3.10. The molecule has 2 aliphatic heterocycles. The number of quaternary nitrogens is 1. The van der Waals surface area contributed by atoms with Crippen LogP contribution < -0.4 is 29.8 Å². The lowest BCUT2D eigenvalue weighted by molar-refractivity contribution is -0.908. The summed E-state index contributed by atoms with van der Waals surface area (Å²) in [4.78, 5) is 16.8. The van der Waals surface area contributed by atoms with Crippen LogP contribution in [0, 0.1) is 4.77 Å². The van der Waals surface area contributed by atoms with Gasteiger partial charge in [0, 0.05) is 6.42 Å². The molecular weight excluding hydrogens is 454 g/mol. The molecule has 0 spiro atoms. The topological polar surface area (TPSA) is 93.0 Å². The van der Waals surface area contributed by atoms with E-state index in [1.807, 2.05) is 13.1 Å². The quantitative estimate of drug-likeness (QED) is 0.560. The Hall–Kier alpha value is -3.01. The molecule has 0 aliphatic carbocycles. The van der Waals surface area contributed by atoms with E-state index in [4.69, 9.17) is 38.0 Å². The molecule has 0 saturated carbocycles. The standard InChI is InChI=1S/C22H20ClN3O5S/c1-25-8-7-11-9-14-18(31-10-30-14)19(29-2)15(11)17(25)16-20(27)24-22(32)26(21(16)28)13-6-4-3-5-12(13)23/h3-6,9,17,28H,7-8,10H2,1-2H3,(H,24,27,32)/t17-/m0/s1. The van der Waals surface area contributed by atoms with Gasteiger partial charge in [-0.3, -0.25) is 14.3 Å². The van der Waals surface area contributed by atoms with Gasteiger partial charge in [-0.15, -0.1) is 0 Å². The first-order chi connectivity index (χ1) is 15.4. The first-order valence-electron chi connectivity index (χ1n) is 10.0. The highest BCUT2D eigenvalue weighted by Crippen LogP contribution is 2.48. The van der Waals surface area contributed by atoms with Crippen molar-refractivity contribution in [2.24, 2.45) is 0 Å². The summed E-state index contributed by atoms with van der Waals surface area (Å²) >= 11 is 11.7. The van der Waals surface area contributed by atoms with E-state index in [-0.39, 0.29) is 17.1 Å². The summed E-state index contributed by atoms with van der Waals surface area (Å²) in [6, 6.07) is 8.18. The fraction of sp³-hybridized carbons (Fsp3) is 0.273. The Morgan fingerprint density at radius 2 is 2.09 bits per heavy atom. The van der Waals surface area contributed by atoms with Gasteiger partial charge in [0.25, 0.3) is 5.56 Å². The third-order valence-electron chi connectivity index (χ3n) is 6.00. The predicted molar refractivity (Wildman–Crippen MR) is 118 cm³/mol. The largest absolute Gasteiger partial charge is 0.859 e. The molecule has 2 aromatic carbocycles. The van der Waals surface area contributed by atoms with Crippen LogP contribution in [0.4, 0.5) is 0 Å². The summed E-state index contributed by atoms with van der Waals surface area (Å²) in [5, 5.41) is 14.1. The smallest absolute Gasteiger partial charge is 0.260 e. The minimum Gasteiger partial charge on any atom is -0.859 e. The highest BCUT2D eigenvalue weighted by Gasteiger charge is 2.39. The Labute approximate surface area is 193 Å². The maximum atomic E-state index is 13.8. The molecule has 0 saturated heterocycles. The van der Waals surface area contributed by atoms with E-state index in [0.29, 0.717) is 34.5 Å². The third-order valence-corrected chi connectivity index (χ3v) is 6.61. The summed E-state index contributed by atoms with van der Waals surface area (Å²) < 4.78 is 18.2. The summed E-state index contributed by atoms with van der Waals surface area (Å²) in [6.07, 6.45) is 0.737. The van der Waals surface area contributed by atoms with E-state index in [1.165, 1.54) is 11.7 Å². The van der Waals surface area contributed by atoms with Crippen molar-refractivity contribution >= 4 is 23.8 Å². The van der Waals surface area contributed by atoms with Gasteiger partial charge < -0.3 is 24.2 Å². The van der Waals surface area contributed by atoms with Crippen LogP contribution in [0.5, 0.6) is 23.1 Å². The van der Waals surface area contributed by atoms with Gasteiger partial charge in [0.1, 0.15) is 6.04 Å². The van der Waals surface area contributed by atoms with Gasteiger partial charge in [0.2, 0.25) is 12.5 Å². The molecule has 0 bridgehead atoms. The summed E-state index contributed by atoms with van der Waals surface area (Å²) in [7, 11) is 3.48. The number of halogens is 1. The molecule has 0 radical (unpaired) electrons. The minimum absolute atomic E-state index is 0.0109. The van der Waals surface area contributed by atoms with Gasteiger partial charge in [0.15, 0.2) is 16.3 Å². The van der Waals surface area contributed by atoms with Gasteiger partial charge >= 0.3 is 0 Å². The van der Waals surface area contributed by atoms with Crippen LogP contribution in [0.3, 0.4) is 0 Å². The van der Waals surface area contributed by atoms with Crippen molar-refractivity contribution in [3.05, 3.63) is 67.2 Å². The number of hydrogen-bond acceptors (Lipinski definition) is 6. The van der Waals surface area contributed by atoms with Crippen LogP contribution in [0.25, 0.3) is 5.69 Å². The molecule has 1 aromatic heterocycles. The molecule has 5 rings (SSSR count). The molecule has 3 aromatic rings. The Kier molecular flexibility index (Phi) is 5.11. The molecule has 166 valence electrons. The number of ether oxygens (including phenoxy) is 3. The molecule has 2 atom stereocenters. The monoisotopic (exact) mass is 473 g/mol. The number of methoxy groups -OCH3 is 1. The summed E-state index contributed by atoms with van der Waals surface area (Å²) in [5.41, 5.74) is 1.64. The summed E-state index contributed by atoms with van der Waals surface area (Å²) in [5.74, 6) is 1.05. The van der Waals surface area contributed by atoms with Crippen LogP contribution in [-0.4, -0.2) is 37.0 Å². The number of aromatic amines is 1. The normalized spacial score (nSPS) is 19.0. The van der Waals surface area contributed by atoms with E-state index < -0.39 is 17.5 Å². The van der Waals surface area contributed by atoms with Gasteiger partial charge in [-0.2, -0.15) is 0 Å².